The molecule has 2 heterocycles. The molecule has 0 spiro atoms. The Balaban J connectivity index is 2.17. The molecular formula is C14H11NO3. The van der Waals surface area contributed by atoms with Gasteiger partial charge < -0.3 is 9.84 Å². The van der Waals surface area contributed by atoms with Gasteiger partial charge in [-0.3, -0.25) is 4.98 Å². The summed E-state index contributed by atoms with van der Waals surface area (Å²) in [5.41, 5.74) is 2.12. The fourth-order valence-corrected chi connectivity index (χ4v) is 2.05. The third kappa shape index (κ3) is 1.43. The maximum absolute atomic E-state index is 11.7. The molecule has 0 aliphatic carbocycles. The van der Waals surface area contributed by atoms with Gasteiger partial charge in [0, 0.05) is 11.8 Å². The predicted molar refractivity (Wildman–Crippen MR) is 63.8 cm³/mol. The molecule has 18 heavy (non-hydrogen) atoms. The van der Waals surface area contributed by atoms with Gasteiger partial charge in [0.1, 0.15) is 5.69 Å². The fourth-order valence-electron chi connectivity index (χ4n) is 2.05. The Kier molecular flexibility index (Phi) is 2.21. The van der Waals surface area contributed by atoms with E-state index in [1.54, 1.807) is 24.3 Å². The van der Waals surface area contributed by atoms with Crippen molar-refractivity contribution in [1.82, 2.24) is 4.98 Å². The Morgan fingerprint density at radius 3 is 2.67 bits per heavy atom. The summed E-state index contributed by atoms with van der Waals surface area (Å²) in [6, 6.07) is 10.4. The largest absolute Gasteiger partial charge is 0.419 e. The summed E-state index contributed by atoms with van der Waals surface area (Å²) in [7, 11) is 0. The van der Waals surface area contributed by atoms with Crippen LogP contribution in [0.1, 0.15) is 27.2 Å². The maximum atomic E-state index is 11.7. The zero-order chi connectivity index (χ0) is 12.8. The molecule has 4 heteroatoms. The number of benzene rings is 1. The highest BCUT2D eigenvalue weighted by Crippen LogP contribution is 2.38. The minimum absolute atomic E-state index is 0.249. The molecule has 0 radical (unpaired) electrons. The van der Waals surface area contributed by atoms with E-state index in [2.05, 4.69) is 4.98 Å². The molecule has 1 aromatic carbocycles. The summed E-state index contributed by atoms with van der Waals surface area (Å²) in [6.45, 7) is 1.95. The number of hydrogen-bond acceptors (Lipinski definition) is 4. The van der Waals surface area contributed by atoms with Gasteiger partial charge in [-0.1, -0.05) is 29.8 Å². The van der Waals surface area contributed by atoms with Gasteiger partial charge >= 0.3 is 5.97 Å². The van der Waals surface area contributed by atoms with Crippen LogP contribution in [0.15, 0.2) is 42.6 Å². The monoisotopic (exact) mass is 241 g/mol. The SMILES string of the molecule is Cc1ccc(C2(O)OC(=O)c3cccnc32)cc1. The molecule has 1 N–H and O–H groups in total. The van der Waals surface area contributed by atoms with Crippen LogP contribution in [0.4, 0.5) is 0 Å². The molecule has 1 aromatic heterocycles. The normalized spacial score (nSPS) is 21.6. The number of carbonyl (C=O) groups excluding carboxylic acids is 1. The first-order valence-electron chi connectivity index (χ1n) is 5.59. The molecule has 0 amide bonds. The van der Waals surface area contributed by atoms with Gasteiger partial charge in [-0.25, -0.2) is 4.79 Å². The molecule has 1 aliphatic heterocycles. The van der Waals surface area contributed by atoms with Crippen LogP contribution in [0.25, 0.3) is 0 Å². The van der Waals surface area contributed by atoms with Crippen molar-refractivity contribution in [3.8, 4) is 0 Å². The van der Waals surface area contributed by atoms with E-state index >= 15 is 0 Å². The van der Waals surface area contributed by atoms with Crippen LogP contribution in [0, 0.1) is 6.92 Å². The average Bonchev–Trinajstić information content (AvgIpc) is 2.64. The molecule has 0 saturated carbocycles. The van der Waals surface area contributed by atoms with Gasteiger partial charge in [-0.2, -0.15) is 0 Å². The highest BCUT2D eigenvalue weighted by molar-refractivity contribution is 5.94. The summed E-state index contributed by atoms with van der Waals surface area (Å²) in [6.07, 6.45) is 1.53. The summed E-state index contributed by atoms with van der Waals surface area (Å²) in [5.74, 6) is -2.33. The van der Waals surface area contributed by atoms with E-state index in [0.717, 1.165) is 5.56 Å². The van der Waals surface area contributed by atoms with Crippen LogP contribution in [-0.2, 0) is 10.5 Å². The smallest absolute Gasteiger partial charge is 0.343 e. The Hall–Kier alpha value is -2.20. The molecule has 4 nitrogen and oxygen atoms in total. The standard InChI is InChI=1S/C14H11NO3/c1-9-4-6-10(7-5-9)14(17)12-11(13(16)18-14)3-2-8-15-12/h2-8,17H,1H3. The third-order valence-electron chi connectivity index (χ3n) is 3.03. The molecule has 0 saturated heterocycles. The highest BCUT2D eigenvalue weighted by atomic mass is 16.7. The van der Waals surface area contributed by atoms with Crippen LogP contribution in [-0.4, -0.2) is 16.1 Å². The molecule has 0 fully saturated rings. The van der Waals surface area contributed by atoms with Crippen molar-refractivity contribution in [1.29, 1.82) is 0 Å². The number of hydrogen-bond donors (Lipinski definition) is 1. The Morgan fingerprint density at radius 2 is 1.94 bits per heavy atom. The van der Waals surface area contributed by atoms with Gasteiger partial charge in [-0.05, 0) is 19.1 Å². The number of carbonyl (C=O) groups is 1. The van der Waals surface area contributed by atoms with E-state index < -0.39 is 11.8 Å². The first kappa shape index (κ1) is 10.9. The van der Waals surface area contributed by atoms with Crippen molar-refractivity contribution < 1.29 is 14.6 Å². The molecule has 90 valence electrons. The fraction of sp³-hybridized carbons (Fsp3) is 0.143. The lowest BCUT2D eigenvalue weighted by Crippen LogP contribution is -2.28. The van der Waals surface area contributed by atoms with E-state index in [1.165, 1.54) is 6.20 Å². The molecule has 1 aliphatic rings. The van der Waals surface area contributed by atoms with Crippen molar-refractivity contribution >= 4 is 5.97 Å². The lowest BCUT2D eigenvalue weighted by molar-refractivity contribution is -0.131. The van der Waals surface area contributed by atoms with Crippen LogP contribution in [0.3, 0.4) is 0 Å². The van der Waals surface area contributed by atoms with Crippen molar-refractivity contribution in [2.24, 2.45) is 0 Å². The summed E-state index contributed by atoms with van der Waals surface area (Å²) in [4.78, 5) is 15.8. The van der Waals surface area contributed by atoms with Crippen molar-refractivity contribution in [2.75, 3.05) is 0 Å². The van der Waals surface area contributed by atoms with Gasteiger partial charge in [0.05, 0.1) is 5.56 Å². The second-order valence-corrected chi connectivity index (χ2v) is 4.30. The van der Waals surface area contributed by atoms with E-state index in [4.69, 9.17) is 4.74 Å². The van der Waals surface area contributed by atoms with Gasteiger partial charge in [0.2, 0.25) is 0 Å². The number of pyridine rings is 1. The number of esters is 1. The lowest BCUT2D eigenvalue weighted by atomic mass is 10.00. The maximum Gasteiger partial charge on any atom is 0.343 e. The quantitative estimate of drug-likeness (QED) is 0.773. The van der Waals surface area contributed by atoms with Gasteiger partial charge in [0.15, 0.2) is 0 Å². The number of aryl methyl sites for hydroxylation is 1. The van der Waals surface area contributed by atoms with E-state index in [0.29, 0.717) is 11.1 Å². The minimum atomic E-state index is -1.78. The first-order valence-corrected chi connectivity index (χ1v) is 5.59. The Labute approximate surface area is 104 Å². The zero-order valence-electron chi connectivity index (χ0n) is 9.75. The Morgan fingerprint density at radius 1 is 1.22 bits per heavy atom. The summed E-state index contributed by atoms with van der Waals surface area (Å²) >= 11 is 0. The molecule has 0 bridgehead atoms. The molecule has 3 rings (SSSR count). The van der Waals surface area contributed by atoms with Crippen LogP contribution < -0.4 is 0 Å². The number of fused-ring (bicyclic) bond motifs is 1. The number of cyclic esters (lactones) is 1. The Bertz CT molecular complexity index is 621. The summed E-state index contributed by atoms with van der Waals surface area (Å²) in [5, 5.41) is 10.6. The third-order valence-corrected chi connectivity index (χ3v) is 3.03. The van der Waals surface area contributed by atoms with E-state index in [-0.39, 0.29) is 5.69 Å². The average molecular weight is 241 g/mol. The van der Waals surface area contributed by atoms with Crippen molar-refractivity contribution in [3.63, 3.8) is 0 Å². The lowest BCUT2D eigenvalue weighted by Gasteiger charge is -2.21. The summed E-state index contributed by atoms with van der Waals surface area (Å²) < 4.78 is 5.10. The molecule has 1 unspecified atom stereocenters. The van der Waals surface area contributed by atoms with Crippen LogP contribution >= 0.6 is 0 Å². The number of rotatable bonds is 1. The van der Waals surface area contributed by atoms with Crippen molar-refractivity contribution in [3.05, 3.63) is 65.0 Å². The van der Waals surface area contributed by atoms with E-state index in [9.17, 15) is 9.90 Å². The number of aliphatic hydroxyl groups is 1. The van der Waals surface area contributed by atoms with Crippen LogP contribution in [0.2, 0.25) is 0 Å². The second kappa shape index (κ2) is 3.65. The zero-order valence-corrected chi connectivity index (χ0v) is 9.75. The predicted octanol–water partition coefficient (Wildman–Crippen LogP) is 1.75. The molecular weight excluding hydrogens is 230 g/mol. The number of ether oxygens (including phenoxy) is 1. The molecule has 2 aromatic rings. The van der Waals surface area contributed by atoms with Gasteiger partial charge in [0.25, 0.3) is 5.79 Å². The second-order valence-electron chi connectivity index (χ2n) is 4.30. The van der Waals surface area contributed by atoms with E-state index in [1.807, 2.05) is 19.1 Å². The first-order chi connectivity index (χ1) is 8.61. The number of nitrogens with zero attached hydrogens (tertiary/aromatic N) is 1. The number of aromatic nitrogens is 1. The van der Waals surface area contributed by atoms with Gasteiger partial charge in [-0.15, -0.1) is 0 Å². The van der Waals surface area contributed by atoms with Crippen molar-refractivity contribution in [2.45, 2.75) is 12.7 Å². The highest BCUT2D eigenvalue weighted by Gasteiger charge is 2.47. The van der Waals surface area contributed by atoms with Crippen LogP contribution in [0.5, 0.6) is 0 Å². The molecule has 1 atom stereocenters. The topological polar surface area (TPSA) is 59.4 Å². The minimum Gasteiger partial charge on any atom is -0.419 e.